The first-order valence-corrected chi connectivity index (χ1v) is 6.28. The Morgan fingerprint density at radius 2 is 2.12 bits per heavy atom. The molecule has 0 aliphatic heterocycles. The molecule has 92 valence electrons. The molecule has 0 fully saturated rings. The number of carbonyl (C=O) groups excluding carboxylic acids is 1. The second kappa shape index (κ2) is 5.32. The van der Waals surface area contributed by atoms with E-state index >= 15 is 0 Å². The Balaban J connectivity index is 2.19. The minimum absolute atomic E-state index is 0.0184. The van der Waals surface area contributed by atoms with Gasteiger partial charge in [-0.15, -0.1) is 0 Å². The van der Waals surface area contributed by atoms with Gasteiger partial charge in [-0.25, -0.2) is 0 Å². The molecule has 1 aromatic carbocycles. The molecule has 1 aliphatic carbocycles. The number of hydrogen-bond acceptors (Lipinski definition) is 2. The molecule has 2 rings (SSSR count). The van der Waals surface area contributed by atoms with E-state index in [4.69, 9.17) is 5.11 Å². The summed E-state index contributed by atoms with van der Waals surface area (Å²) in [5.74, 6) is 0.0243. The molecule has 0 heterocycles. The maximum Gasteiger partial charge on any atom is 0.253 e. The third-order valence-corrected chi connectivity index (χ3v) is 3.38. The third kappa shape index (κ3) is 2.50. The first kappa shape index (κ1) is 12.1. The van der Waals surface area contributed by atoms with Crippen LogP contribution < -0.4 is 0 Å². The van der Waals surface area contributed by atoms with Crippen LogP contribution in [0.2, 0.25) is 0 Å². The number of benzene rings is 1. The molecule has 3 nitrogen and oxygen atoms in total. The van der Waals surface area contributed by atoms with Crippen molar-refractivity contribution in [3.05, 3.63) is 34.9 Å². The van der Waals surface area contributed by atoms with Gasteiger partial charge in [0.15, 0.2) is 0 Å². The zero-order valence-corrected chi connectivity index (χ0v) is 10.3. The van der Waals surface area contributed by atoms with Crippen LogP contribution in [0.1, 0.15) is 34.8 Å². The smallest absolute Gasteiger partial charge is 0.253 e. The van der Waals surface area contributed by atoms with E-state index in [1.54, 1.807) is 4.90 Å². The number of likely N-dealkylation sites (N-methyl/N-ethyl adjacent to an activating group) is 1. The van der Waals surface area contributed by atoms with E-state index in [0.29, 0.717) is 13.1 Å². The van der Waals surface area contributed by atoms with E-state index in [-0.39, 0.29) is 12.5 Å². The van der Waals surface area contributed by atoms with E-state index < -0.39 is 0 Å². The van der Waals surface area contributed by atoms with Gasteiger partial charge in [-0.05, 0) is 49.4 Å². The lowest BCUT2D eigenvalue weighted by Crippen LogP contribution is -2.33. The van der Waals surface area contributed by atoms with E-state index in [9.17, 15) is 4.79 Å². The van der Waals surface area contributed by atoms with Crippen LogP contribution in [0.25, 0.3) is 0 Å². The van der Waals surface area contributed by atoms with Gasteiger partial charge in [0, 0.05) is 18.7 Å². The monoisotopic (exact) mass is 233 g/mol. The van der Waals surface area contributed by atoms with Crippen molar-refractivity contribution in [1.29, 1.82) is 0 Å². The van der Waals surface area contributed by atoms with Crippen LogP contribution >= 0.6 is 0 Å². The van der Waals surface area contributed by atoms with Crippen LogP contribution in [-0.4, -0.2) is 35.6 Å². The molecule has 0 saturated carbocycles. The molecule has 0 atom stereocenters. The molecule has 1 amide bonds. The van der Waals surface area contributed by atoms with E-state index in [1.807, 2.05) is 19.1 Å². The zero-order valence-electron chi connectivity index (χ0n) is 10.3. The van der Waals surface area contributed by atoms with Crippen molar-refractivity contribution in [2.24, 2.45) is 0 Å². The molecule has 17 heavy (non-hydrogen) atoms. The van der Waals surface area contributed by atoms with Crippen LogP contribution in [0, 0.1) is 0 Å². The minimum Gasteiger partial charge on any atom is -0.395 e. The van der Waals surface area contributed by atoms with Crippen LogP contribution in [-0.2, 0) is 12.8 Å². The lowest BCUT2D eigenvalue weighted by Gasteiger charge is -2.20. The van der Waals surface area contributed by atoms with Crippen molar-refractivity contribution in [3.8, 4) is 0 Å². The summed E-state index contributed by atoms with van der Waals surface area (Å²) in [6.07, 6.45) is 3.42. The predicted octanol–water partition coefficient (Wildman–Crippen LogP) is 1.63. The molecule has 0 unspecified atom stereocenters. The van der Waals surface area contributed by atoms with E-state index in [1.165, 1.54) is 17.5 Å². The van der Waals surface area contributed by atoms with Gasteiger partial charge >= 0.3 is 0 Å². The Morgan fingerprint density at radius 3 is 2.82 bits per heavy atom. The summed E-state index contributed by atoms with van der Waals surface area (Å²) in [6, 6.07) is 6.00. The summed E-state index contributed by atoms with van der Waals surface area (Å²) in [6.45, 7) is 2.99. The zero-order chi connectivity index (χ0) is 12.3. The number of amides is 1. The van der Waals surface area contributed by atoms with Crippen LogP contribution in [0.4, 0.5) is 0 Å². The lowest BCUT2D eigenvalue weighted by molar-refractivity contribution is 0.0732. The Morgan fingerprint density at radius 1 is 1.35 bits per heavy atom. The highest BCUT2D eigenvalue weighted by Crippen LogP contribution is 2.23. The fraction of sp³-hybridized carbons (Fsp3) is 0.500. The van der Waals surface area contributed by atoms with Crippen molar-refractivity contribution >= 4 is 5.91 Å². The van der Waals surface area contributed by atoms with Gasteiger partial charge in [0.25, 0.3) is 5.91 Å². The molecule has 0 aromatic heterocycles. The van der Waals surface area contributed by atoms with Gasteiger partial charge in [0.2, 0.25) is 0 Å². The lowest BCUT2D eigenvalue weighted by atomic mass is 10.1. The Hall–Kier alpha value is -1.35. The first-order valence-electron chi connectivity index (χ1n) is 6.28. The van der Waals surface area contributed by atoms with Crippen molar-refractivity contribution < 1.29 is 9.90 Å². The van der Waals surface area contributed by atoms with Gasteiger partial charge in [-0.2, -0.15) is 0 Å². The average molecular weight is 233 g/mol. The topological polar surface area (TPSA) is 40.5 Å². The number of nitrogens with zero attached hydrogens (tertiary/aromatic N) is 1. The highest BCUT2D eigenvalue weighted by Gasteiger charge is 2.17. The van der Waals surface area contributed by atoms with Crippen LogP contribution in [0.5, 0.6) is 0 Å². The molecule has 1 aromatic rings. The molecular formula is C14H19NO2. The molecule has 0 bridgehead atoms. The van der Waals surface area contributed by atoms with E-state index in [2.05, 4.69) is 6.07 Å². The van der Waals surface area contributed by atoms with Gasteiger partial charge < -0.3 is 10.0 Å². The summed E-state index contributed by atoms with van der Waals surface area (Å²) < 4.78 is 0. The maximum atomic E-state index is 12.2. The van der Waals surface area contributed by atoms with Gasteiger partial charge in [-0.3, -0.25) is 4.79 Å². The minimum atomic E-state index is 0.0184. The second-order valence-electron chi connectivity index (χ2n) is 4.45. The SMILES string of the molecule is CCN(CCO)C(=O)c1ccc2c(c1)CCC2. The highest BCUT2D eigenvalue weighted by molar-refractivity contribution is 5.94. The summed E-state index contributed by atoms with van der Waals surface area (Å²) in [5, 5.41) is 8.92. The molecule has 0 saturated heterocycles. The van der Waals surface area contributed by atoms with Crippen molar-refractivity contribution in [2.75, 3.05) is 19.7 Å². The van der Waals surface area contributed by atoms with E-state index in [0.717, 1.165) is 18.4 Å². The number of hydrogen-bond donors (Lipinski definition) is 1. The third-order valence-electron chi connectivity index (χ3n) is 3.38. The van der Waals surface area contributed by atoms with Crippen molar-refractivity contribution in [3.63, 3.8) is 0 Å². The molecule has 3 heteroatoms. The Bertz CT molecular complexity index is 415. The van der Waals surface area contributed by atoms with Crippen LogP contribution in [0.15, 0.2) is 18.2 Å². The van der Waals surface area contributed by atoms with Gasteiger partial charge in [0.05, 0.1) is 6.61 Å². The summed E-state index contributed by atoms with van der Waals surface area (Å²) in [4.78, 5) is 13.9. The number of fused-ring (bicyclic) bond motifs is 1. The molecular weight excluding hydrogens is 214 g/mol. The predicted molar refractivity (Wildman–Crippen MR) is 67.1 cm³/mol. The maximum absolute atomic E-state index is 12.2. The second-order valence-corrected chi connectivity index (χ2v) is 4.45. The number of aliphatic hydroxyl groups is 1. The van der Waals surface area contributed by atoms with Crippen molar-refractivity contribution in [2.45, 2.75) is 26.2 Å². The Kier molecular flexibility index (Phi) is 3.79. The summed E-state index contributed by atoms with van der Waals surface area (Å²) in [7, 11) is 0. The van der Waals surface area contributed by atoms with Gasteiger partial charge in [0.1, 0.15) is 0 Å². The number of carbonyl (C=O) groups is 1. The fourth-order valence-corrected chi connectivity index (χ4v) is 2.41. The fourth-order valence-electron chi connectivity index (χ4n) is 2.41. The molecule has 0 radical (unpaired) electrons. The summed E-state index contributed by atoms with van der Waals surface area (Å²) >= 11 is 0. The van der Waals surface area contributed by atoms with Crippen LogP contribution in [0.3, 0.4) is 0 Å². The van der Waals surface area contributed by atoms with Crippen molar-refractivity contribution in [1.82, 2.24) is 4.90 Å². The van der Waals surface area contributed by atoms with Gasteiger partial charge in [-0.1, -0.05) is 6.07 Å². The molecule has 1 aliphatic rings. The summed E-state index contributed by atoms with van der Waals surface area (Å²) in [5.41, 5.74) is 3.45. The molecule has 1 N–H and O–H groups in total. The first-order chi connectivity index (χ1) is 8.26. The molecule has 0 spiro atoms. The quantitative estimate of drug-likeness (QED) is 0.858. The number of aliphatic hydroxyl groups excluding tert-OH is 1. The normalized spacial score (nSPS) is 13.5. The number of aryl methyl sites for hydroxylation is 2. The Labute approximate surface area is 102 Å². The average Bonchev–Trinajstić information content (AvgIpc) is 2.82. The highest BCUT2D eigenvalue weighted by atomic mass is 16.3. The number of rotatable bonds is 4. The standard InChI is InChI=1S/C14H19NO2/c1-2-15(8-9-16)14(17)13-7-6-11-4-3-5-12(11)10-13/h6-7,10,16H,2-5,8-9H2,1H3. The largest absolute Gasteiger partial charge is 0.395 e.